The SMILES string of the molecule is CC(C)CCCCCN(CCCCCC(C)C)C(=O)CCCCC(=O)N(CCCCCC(C)C)CCCCCC(C)C. The molecule has 0 unspecified atom stereocenters. The quantitative estimate of drug-likeness (QED) is 0.0810. The Morgan fingerprint density at radius 1 is 0.357 bits per heavy atom. The highest BCUT2D eigenvalue weighted by atomic mass is 16.2. The van der Waals surface area contributed by atoms with Gasteiger partial charge < -0.3 is 9.80 Å². The van der Waals surface area contributed by atoms with Crippen LogP contribution in [-0.4, -0.2) is 47.8 Å². The van der Waals surface area contributed by atoms with Gasteiger partial charge in [-0.1, -0.05) is 132 Å². The molecule has 0 aromatic rings. The normalized spacial score (nSPS) is 11.8. The van der Waals surface area contributed by atoms with Crippen LogP contribution in [0.4, 0.5) is 0 Å². The zero-order valence-corrected chi connectivity index (χ0v) is 30.0. The lowest BCUT2D eigenvalue weighted by Crippen LogP contribution is -2.33. The van der Waals surface area contributed by atoms with Gasteiger partial charge in [-0.3, -0.25) is 9.59 Å². The van der Waals surface area contributed by atoms with Crippen LogP contribution in [0.15, 0.2) is 0 Å². The molecule has 0 fully saturated rings. The van der Waals surface area contributed by atoms with Crippen molar-refractivity contribution in [1.29, 1.82) is 0 Å². The third-order valence-corrected chi connectivity index (χ3v) is 8.57. The van der Waals surface area contributed by atoms with Gasteiger partial charge in [0.15, 0.2) is 0 Å². The summed E-state index contributed by atoms with van der Waals surface area (Å²) < 4.78 is 0. The summed E-state index contributed by atoms with van der Waals surface area (Å²) in [6, 6.07) is 0. The largest absolute Gasteiger partial charge is 0.343 e. The lowest BCUT2D eigenvalue weighted by molar-refractivity contribution is -0.133. The van der Waals surface area contributed by atoms with Crippen LogP contribution in [0.25, 0.3) is 0 Å². The summed E-state index contributed by atoms with van der Waals surface area (Å²) in [5, 5.41) is 0. The van der Waals surface area contributed by atoms with Gasteiger partial charge in [0.25, 0.3) is 0 Å². The number of amides is 2. The van der Waals surface area contributed by atoms with E-state index in [4.69, 9.17) is 0 Å². The van der Waals surface area contributed by atoms with Crippen LogP contribution in [0.2, 0.25) is 0 Å². The van der Waals surface area contributed by atoms with Crippen LogP contribution >= 0.6 is 0 Å². The average molecular weight is 593 g/mol. The van der Waals surface area contributed by atoms with E-state index in [0.29, 0.717) is 24.7 Å². The highest BCUT2D eigenvalue weighted by Crippen LogP contribution is 2.15. The topological polar surface area (TPSA) is 40.6 Å². The van der Waals surface area contributed by atoms with E-state index in [1.54, 1.807) is 0 Å². The number of rotatable bonds is 29. The highest BCUT2D eigenvalue weighted by Gasteiger charge is 2.16. The van der Waals surface area contributed by atoms with Gasteiger partial charge in [-0.25, -0.2) is 0 Å². The van der Waals surface area contributed by atoms with Crippen LogP contribution in [0, 0.1) is 23.7 Å². The number of hydrogen-bond donors (Lipinski definition) is 0. The van der Waals surface area contributed by atoms with Crippen LogP contribution < -0.4 is 0 Å². The summed E-state index contributed by atoms with van der Waals surface area (Å²) >= 11 is 0. The van der Waals surface area contributed by atoms with Gasteiger partial charge >= 0.3 is 0 Å². The minimum Gasteiger partial charge on any atom is -0.343 e. The second kappa shape index (κ2) is 27.5. The number of carbonyl (C=O) groups is 2. The molecule has 0 aromatic carbocycles. The number of nitrogens with zero attached hydrogens (tertiary/aromatic N) is 2. The van der Waals surface area contributed by atoms with Crippen molar-refractivity contribution in [2.45, 2.75) is 184 Å². The molecule has 4 heteroatoms. The molecule has 250 valence electrons. The minimum atomic E-state index is 0.308. The summed E-state index contributed by atoms with van der Waals surface area (Å²) in [7, 11) is 0. The smallest absolute Gasteiger partial charge is 0.222 e. The van der Waals surface area contributed by atoms with Gasteiger partial charge in [-0.2, -0.15) is 0 Å². The molecule has 0 radical (unpaired) electrons. The molecule has 0 aliphatic carbocycles. The van der Waals surface area contributed by atoms with Crippen molar-refractivity contribution < 1.29 is 9.59 Å². The fourth-order valence-electron chi connectivity index (χ4n) is 5.72. The van der Waals surface area contributed by atoms with Crippen molar-refractivity contribution in [3.8, 4) is 0 Å². The Morgan fingerprint density at radius 2 is 0.595 bits per heavy atom. The first-order chi connectivity index (χ1) is 20.0. The molecule has 0 heterocycles. The van der Waals surface area contributed by atoms with E-state index >= 15 is 0 Å². The average Bonchev–Trinajstić information content (AvgIpc) is 2.91. The first-order valence-corrected chi connectivity index (χ1v) is 18.6. The molecule has 0 aliphatic heterocycles. The van der Waals surface area contributed by atoms with Crippen LogP contribution in [0.3, 0.4) is 0 Å². The summed E-state index contributed by atoms with van der Waals surface area (Å²) in [4.78, 5) is 30.7. The molecule has 0 aliphatic rings. The van der Waals surface area contributed by atoms with Gasteiger partial charge in [0.2, 0.25) is 11.8 Å². The Bertz CT molecular complexity index is 539. The lowest BCUT2D eigenvalue weighted by atomic mass is 10.0. The second-order valence-electron chi connectivity index (χ2n) is 14.9. The summed E-state index contributed by atoms with van der Waals surface area (Å²) in [5.74, 6) is 3.66. The number of hydrogen-bond acceptors (Lipinski definition) is 2. The van der Waals surface area contributed by atoms with Crippen molar-refractivity contribution in [2.75, 3.05) is 26.2 Å². The Labute approximate surface area is 264 Å². The monoisotopic (exact) mass is 593 g/mol. The predicted octanol–water partition coefficient (Wildman–Crippen LogP) is 11.1. The van der Waals surface area contributed by atoms with Crippen molar-refractivity contribution >= 4 is 11.8 Å². The van der Waals surface area contributed by atoms with Crippen molar-refractivity contribution in [3.63, 3.8) is 0 Å². The van der Waals surface area contributed by atoms with Gasteiger partial charge in [0.05, 0.1) is 0 Å². The first kappa shape index (κ1) is 40.9. The van der Waals surface area contributed by atoms with Crippen molar-refractivity contribution in [2.24, 2.45) is 23.7 Å². The number of carbonyl (C=O) groups excluding carboxylic acids is 2. The van der Waals surface area contributed by atoms with E-state index in [0.717, 1.165) is 88.4 Å². The molecule has 0 saturated heterocycles. The molecule has 0 rings (SSSR count). The fourth-order valence-corrected chi connectivity index (χ4v) is 5.72. The van der Waals surface area contributed by atoms with E-state index < -0.39 is 0 Å². The molecule has 0 aromatic heterocycles. The van der Waals surface area contributed by atoms with E-state index in [1.165, 1.54) is 77.0 Å². The zero-order valence-electron chi connectivity index (χ0n) is 30.0. The zero-order chi connectivity index (χ0) is 31.6. The third kappa shape index (κ3) is 26.6. The van der Waals surface area contributed by atoms with E-state index in [2.05, 4.69) is 65.2 Å². The summed E-state index contributed by atoms with van der Waals surface area (Å²) in [6.07, 6.45) is 22.4. The Balaban J connectivity index is 4.66. The minimum absolute atomic E-state index is 0.308. The Morgan fingerprint density at radius 3 is 0.810 bits per heavy atom. The fraction of sp³-hybridized carbons (Fsp3) is 0.947. The second-order valence-corrected chi connectivity index (χ2v) is 14.9. The standard InChI is InChI=1S/C38H76N2O2/c1-33(2)23-13-9-19-29-39(30-20-10-14-24-34(3)4)37(41)27-17-18-28-38(42)40(31-21-11-15-25-35(5)6)32-22-12-16-26-36(7)8/h33-36H,9-32H2,1-8H3. The van der Waals surface area contributed by atoms with Crippen molar-refractivity contribution in [3.05, 3.63) is 0 Å². The van der Waals surface area contributed by atoms with Gasteiger partial charge in [-0.05, 0) is 62.2 Å². The molecule has 0 bridgehead atoms. The Kier molecular flexibility index (Phi) is 26.8. The molecular weight excluding hydrogens is 516 g/mol. The maximum Gasteiger partial charge on any atom is 0.222 e. The van der Waals surface area contributed by atoms with E-state index in [1.807, 2.05) is 0 Å². The van der Waals surface area contributed by atoms with Crippen molar-refractivity contribution in [1.82, 2.24) is 9.80 Å². The molecule has 0 saturated carbocycles. The highest BCUT2D eigenvalue weighted by molar-refractivity contribution is 5.77. The van der Waals surface area contributed by atoms with Crippen LogP contribution in [-0.2, 0) is 9.59 Å². The Hall–Kier alpha value is -1.06. The maximum atomic E-state index is 13.2. The molecule has 4 nitrogen and oxygen atoms in total. The van der Waals surface area contributed by atoms with Gasteiger partial charge in [0.1, 0.15) is 0 Å². The van der Waals surface area contributed by atoms with Crippen LogP contribution in [0.1, 0.15) is 184 Å². The lowest BCUT2D eigenvalue weighted by Gasteiger charge is -2.24. The molecule has 42 heavy (non-hydrogen) atoms. The predicted molar refractivity (Wildman–Crippen MR) is 185 cm³/mol. The number of unbranched alkanes of at least 4 members (excludes halogenated alkanes) is 9. The third-order valence-electron chi connectivity index (χ3n) is 8.57. The summed E-state index contributed by atoms with van der Waals surface area (Å²) in [5.41, 5.74) is 0. The molecular formula is C38H76N2O2. The van der Waals surface area contributed by atoms with Gasteiger partial charge in [0, 0.05) is 39.0 Å². The van der Waals surface area contributed by atoms with E-state index in [9.17, 15) is 9.59 Å². The first-order valence-electron chi connectivity index (χ1n) is 18.6. The molecule has 2 amide bonds. The van der Waals surface area contributed by atoms with E-state index in [-0.39, 0.29) is 0 Å². The molecule has 0 atom stereocenters. The van der Waals surface area contributed by atoms with Crippen LogP contribution in [0.5, 0.6) is 0 Å². The molecule has 0 N–H and O–H groups in total. The summed E-state index contributed by atoms with van der Waals surface area (Å²) in [6.45, 7) is 21.9. The maximum absolute atomic E-state index is 13.2. The molecule has 0 spiro atoms. The van der Waals surface area contributed by atoms with Gasteiger partial charge in [-0.15, -0.1) is 0 Å².